The van der Waals surface area contributed by atoms with Crippen molar-refractivity contribution in [2.24, 2.45) is 0 Å². The van der Waals surface area contributed by atoms with Crippen LogP contribution in [0.2, 0.25) is 10.0 Å². The highest BCUT2D eigenvalue weighted by atomic mass is 35.5. The summed E-state index contributed by atoms with van der Waals surface area (Å²) in [6, 6.07) is 25.5. The molecule has 1 fully saturated rings. The molecule has 6 rings (SSSR count). The van der Waals surface area contributed by atoms with Gasteiger partial charge in [0.05, 0.1) is 17.1 Å². The number of urea groups is 1. The lowest BCUT2D eigenvalue weighted by atomic mass is 9.69. The highest BCUT2D eigenvalue weighted by molar-refractivity contribution is 6.31. The second-order valence-corrected chi connectivity index (χ2v) is 12.3. The van der Waals surface area contributed by atoms with Gasteiger partial charge in [0.2, 0.25) is 0 Å². The van der Waals surface area contributed by atoms with Crippen LogP contribution in [0.3, 0.4) is 0 Å². The first-order chi connectivity index (χ1) is 22.9. The summed E-state index contributed by atoms with van der Waals surface area (Å²) in [5.41, 5.74) is 2.88. The van der Waals surface area contributed by atoms with Crippen LogP contribution in [0, 0.1) is 0 Å². The minimum atomic E-state index is -4.90. The van der Waals surface area contributed by atoms with Gasteiger partial charge in [-0.25, -0.2) is 9.69 Å². The molecule has 2 atom stereocenters. The van der Waals surface area contributed by atoms with E-state index in [0.29, 0.717) is 21.4 Å². The van der Waals surface area contributed by atoms with Crippen LogP contribution in [0.25, 0.3) is 22.5 Å². The molecular weight excluding hydrogens is 664 g/mol. The van der Waals surface area contributed by atoms with Crippen molar-refractivity contribution in [3.63, 3.8) is 0 Å². The number of nitrogens with one attached hydrogen (secondary N) is 1. The van der Waals surface area contributed by atoms with Gasteiger partial charge in [0.1, 0.15) is 11.3 Å². The van der Waals surface area contributed by atoms with Gasteiger partial charge in [-0.05, 0) is 83.9 Å². The van der Waals surface area contributed by atoms with Gasteiger partial charge in [0.25, 0.3) is 5.91 Å². The van der Waals surface area contributed by atoms with Crippen molar-refractivity contribution in [1.29, 1.82) is 0 Å². The second kappa shape index (κ2) is 12.9. The number of anilines is 1. The molecule has 244 valence electrons. The molecule has 1 aliphatic heterocycles. The Bertz CT molecular complexity index is 1880. The maximum Gasteiger partial charge on any atom is 0.573 e. The monoisotopic (exact) mass is 690 g/mol. The van der Waals surface area contributed by atoms with Crippen molar-refractivity contribution in [3.8, 4) is 28.3 Å². The molecule has 1 N–H and O–H groups in total. The smallest absolute Gasteiger partial charge is 0.406 e. The zero-order valence-electron chi connectivity index (χ0n) is 25.5. The third-order valence-electron chi connectivity index (χ3n) is 8.62. The number of carbonyl (C=O) groups excluding carboxylic acids is 2. The molecule has 0 aliphatic carbocycles. The van der Waals surface area contributed by atoms with Gasteiger partial charge in [-0.15, -0.1) is 13.2 Å². The van der Waals surface area contributed by atoms with Gasteiger partial charge >= 0.3 is 12.4 Å². The lowest BCUT2D eigenvalue weighted by molar-refractivity contribution is -0.274. The van der Waals surface area contributed by atoms with Crippen molar-refractivity contribution < 1.29 is 27.5 Å². The quantitative estimate of drug-likeness (QED) is 0.164. The topological polar surface area (TPSA) is 84.4 Å². The van der Waals surface area contributed by atoms with E-state index in [2.05, 4.69) is 20.0 Å². The third-order valence-corrected chi connectivity index (χ3v) is 9.12. The fraction of sp³-hybridized carbons (Fsp3) is 0.167. The maximum absolute atomic E-state index is 14.7. The Hall–Kier alpha value is -4.93. The molecule has 0 saturated carbocycles. The van der Waals surface area contributed by atoms with E-state index in [4.69, 9.17) is 23.2 Å². The van der Waals surface area contributed by atoms with Gasteiger partial charge in [0, 0.05) is 45.4 Å². The van der Waals surface area contributed by atoms with Gasteiger partial charge in [-0.2, -0.15) is 0 Å². The van der Waals surface area contributed by atoms with Crippen molar-refractivity contribution in [3.05, 3.63) is 131 Å². The number of aromatic nitrogens is 2. The average Bonchev–Trinajstić information content (AvgIpc) is 3.34. The Balaban J connectivity index is 1.44. The number of hydrogen-bond acceptors (Lipinski definition) is 5. The van der Waals surface area contributed by atoms with E-state index in [-0.39, 0.29) is 5.69 Å². The minimum Gasteiger partial charge on any atom is -0.406 e. The lowest BCUT2D eigenvalue weighted by Crippen LogP contribution is -2.55. The molecule has 0 spiro atoms. The highest BCUT2D eigenvalue weighted by Crippen LogP contribution is 2.46. The molecule has 1 saturated heterocycles. The second-order valence-electron chi connectivity index (χ2n) is 11.4. The Morgan fingerprint density at radius 1 is 0.729 bits per heavy atom. The minimum absolute atomic E-state index is 0.0847. The lowest BCUT2D eigenvalue weighted by Gasteiger charge is -2.39. The molecule has 2 unspecified atom stereocenters. The number of amides is 3. The Morgan fingerprint density at radius 2 is 1.19 bits per heavy atom. The van der Waals surface area contributed by atoms with Crippen LogP contribution in [0.15, 0.2) is 109 Å². The van der Waals surface area contributed by atoms with Crippen molar-refractivity contribution in [2.75, 3.05) is 4.90 Å². The largest absolute Gasteiger partial charge is 0.573 e. The van der Waals surface area contributed by atoms with E-state index in [1.807, 2.05) is 50.2 Å². The summed E-state index contributed by atoms with van der Waals surface area (Å²) >= 11 is 12.2. The third kappa shape index (κ3) is 6.46. The van der Waals surface area contributed by atoms with E-state index in [1.54, 1.807) is 48.8 Å². The predicted molar refractivity (Wildman–Crippen MR) is 178 cm³/mol. The maximum atomic E-state index is 14.7. The van der Waals surface area contributed by atoms with Gasteiger partial charge in [0.15, 0.2) is 0 Å². The number of ether oxygens (including phenoxy) is 1. The molecule has 48 heavy (non-hydrogen) atoms. The number of alkyl halides is 3. The Labute approximate surface area is 284 Å². The van der Waals surface area contributed by atoms with E-state index in [0.717, 1.165) is 39.3 Å². The first-order valence-electron chi connectivity index (χ1n) is 14.8. The first-order valence-corrected chi connectivity index (χ1v) is 15.6. The van der Waals surface area contributed by atoms with Crippen molar-refractivity contribution in [2.45, 2.75) is 37.6 Å². The zero-order chi connectivity index (χ0) is 34.2. The van der Waals surface area contributed by atoms with Crippen LogP contribution >= 0.6 is 23.2 Å². The zero-order valence-corrected chi connectivity index (χ0v) is 27.0. The number of carbonyl (C=O) groups is 2. The van der Waals surface area contributed by atoms with Gasteiger partial charge in [-0.1, -0.05) is 61.3 Å². The molecule has 1 aliphatic rings. The number of hydrogen-bond donors (Lipinski definition) is 1. The SMILES string of the molecule is CC(c1ccnc(-c2ccc(Cl)cc2)c1)C1(C(C)c2ccnc(-c3ccc(Cl)cc3)c2)NC(=O)N(c2ccc(OC(F)(F)F)cc2)C1=O. The fourth-order valence-electron chi connectivity index (χ4n) is 6.07. The average molecular weight is 692 g/mol. The molecule has 3 aromatic carbocycles. The Morgan fingerprint density at radius 3 is 1.62 bits per heavy atom. The molecule has 3 heterocycles. The van der Waals surface area contributed by atoms with Gasteiger partial charge in [-0.3, -0.25) is 14.8 Å². The van der Waals surface area contributed by atoms with Crippen LogP contribution in [0.4, 0.5) is 23.7 Å². The van der Waals surface area contributed by atoms with Crippen LogP contribution in [0.5, 0.6) is 5.75 Å². The standard InChI is InChI=1S/C36H27Cl2F3N4O3/c1-21(25-15-17-42-31(19-25)23-3-7-27(37)8-4-23)35(22(2)26-16-18-43-32(20-26)24-5-9-28(38)10-6-24)33(46)45(34(47)44-35)29-11-13-30(14-12-29)48-36(39,40)41/h3-22H,1-2H3,(H,44,47). The number of halogens is 5. The number of benzene rings is 3. The summed E-state index contributed by atoms with van der Waals surface area (Å²) in [4.78, 5) is 38.5. The summed E-state index contributed by atoms with van der Waals surface area (Å²) in [6.07, 6.45) is -1.62. The summed E-state index contributed by atoms with van der Waals surface area (Å²) in [6.45, 7) is 3.70. The number of nitrogens with zero attached hydrogens (tertiary/aromatic N) is 3. The van der Waals surface area contributed by atoms with Gasteiger partial charge < -0.3 is 10.1 Å². The van der Waals surface area contributed by atoms with Crippen LogP contribution in [-0.4, -0.2) is 33.8 Å². The van der Waals surface area contributed by atoms with Crippen LogP contribution in [0.1, 0.15) is 36.8 Å². The Kier molecular flexibility index (Phi) is 8.89. The highest BCUT2D eigenvalue weighted by Gasteiger charge is 2.58. The number of imide groups is 1. The van der Waals surface area contributed by atoms with Crippen LogP contribution < -0.4 is 15.0 Å². The van der Waals surface area contributed by atoms with E-state index in [9.17, 15) is 22.8 Å². The molecule has 12 heteroatoms. The fourth-order valence-corrected chi connectivity index (χ4v) is 6.32. The van der Waals surface area contributed by atoms with E-state index < -0.39 is 41.4 Å². The van der Waals surface area contributed by atoms with Crippen molar-refractivity contribution in [1.82, 2.24) is 15.3 Å². The first kappa shape index (κ1) is 33.0. The molecule has 7 nitrogen and oxygen atoms in total. The normalized spacial score (nSPS) is 17.6. The number of pyridine rings is 2. The van der Waals surface area contributed by atoms with Crippen molar-refractivity contribution >= 4 is 40.8 Å². The summed E-state index contributed by atoms with van der Waals surface area (Å²) in [7, 11) is 0. The summed E-state index contributed by atoms with van der Waals surface area (Å²) in [5.74, 6) is -2.30. The van der Waals surface area contributed by atoms with Crippen LogP contribution in [-0.2, 0) is 4.79 Å². The number of rotatable bonds is 8. The molecule has 2 aromatic heterocycles. The molecule has 5 aromatic rings. The van der Waals surface area contributed by atoms with E-state index >= 15 is 0 Å². The summed E-state index contributed by atoms with van der Waals surface area (Å²) in [5, 5.41) is 4.14. The van der Waals surface area contributed by atoms with E-state index in [1.165, 1.54) is 12.1 Å². The summed E-state index contributed by atoms with van der Waals surface area (Å²) < 4.78 is 42.4. The molecule has 0 bridgehead atoms. The molecule has 3 amide bonds. The molecular formula is C36H27Cl2F3N4O3. The molecule has 0 radical (unpaired) electrons. The predicted octanol–water partition coefficient (Wildman–Crippen LogP) is 9.42.